The van der Waals surface area contributed by atoms with Crippen molar-refractivity contribution in [3.8, 4) is 0 Å². The van der Waals surface area contributed by atoms with Crippen molar-refractivity contribution in [2.24, 2.45) is 0 Å². The molecule has 0 radical (unpaired) electrons. The van der Waals surface area contributed by atoms with Crippen LogP contribution in [-0.4, -0.2) is 72.4 Å². The van der Waals surface area contributed by atoms with Crippen molar-refractivity contribution in [3.63, 3.8) is 0 Å². The maximum atomic E-state index is 6.35. The molecule has 8 heteroatoms. The Bertz CT molecular complexity index is 706. The standard InChI is InChI=1S/C19H26O2P2Se4/c1-26-22(24,18-12-6-3-7-13-18)20-16-10-5-11-17-21-23(25,27-2)19-14-8-4-9-15-19/h3-4,6-9,12-15H,5,10-11,16-17H2,1-2H3. The van der Waals surface area contributed by atoms with E-state index in [0.29, 0.717) is 29.0 Å². The first-order chi connectivity index (χ1) is 13.0. The van der Waals surface area contributed by atoms with Crippen LogP contribution in [0.5, 0.6) is 0 Å². The molecule has 0 amide bonds. The number of hydrogen-bond acceptors (Lipinski definition) is 2. The Morgan fingerprint density at radius 1 is 0.667 bits per heavy atom. The van der Waals surface area contributed by atoms with Crippen LogP contribution in [0.2, 0.25) is 11.6 Å². The second kappa shape index (κ2) is 12.9. The van der Waals surface area contributed by atoms with E-state index < -0.39 is 8.85 Å². The molecule has 2 unspecified atom stereocenters. The summed E-state index contributed by atoms with van der Waals surface area (Å²) >= 11 is 7.71. The van der Waals surface area contributed by atoms with Gasteiger partial charge in [-0.15, -0.1) is 0 Å². The zero-order valence-electron chi connectivity index (χ0n) is 15.7. The van der Waals surface area contributed by atoms with Crippen LogP contribution >= 0.6 is 8.85 Å². The summed E-state index contributed by atoms with van der Waals surface area (Å²) in [7, 11) is 0. The summed E-state index contributed by atoms with van der Waals surface area (Å²) in [4.78, 5) is 0. The topological polar surface area (TPSA) is 18.5 Å². The summed E-state index contributed by atoms with van der Waals surface area (Å²) in [6, 6.07) is 21.3. The molecule has 0 saturated heterocycles. The van der Waals surface area contributed by atoms with Crippen LogP contribution < -0.4 is 10.6 Å². The molecule has 2 aromatic carbocycles. The Kier molecular flexibility index (Phi) is 11.7. The maximum absolute atomic E-state index is 6.35. The molecule has 0 aliphatic carbocycles. The van der Waals surface area contributed by atoms with E-state index in [-0.39, 0.29) is 0 Å². The fourth-order valence-corrected chi connectivity index (χ4v) is 14.1. The first-order valence-electron chi connectivity index (χ1n) is 8.76. The van der Waals surface area contributed by atoms with E-state index in [9.17, 15) is 0 Å². The Hall–Kier alpha value is 1.30. The van der Waals surface area contributed by atoms with E-state index in [1.165, 1.54) is 10.6 Å². The fourth-order valence-electron chi connectivity index (χ4n) is 2.44. The monoisotopic (exact) mass is 668 g/mol. The Labute approximate surface area is 191 Å². The van der Waals surface area contributed by atoms with Gasteiger partial charge in [-0.1, -0.05) is 0 Å². The molecule has 0 aliphatic rings. The third-order valence-corrected chi connectivity index (χ3v) is 31.6. The first-order valence-corrected chi connectivity index (χ1v) is 24.5. The third kappa shape index (κ3) is 7.81. The molecule has 2 atom stereocenters. The molecule has 0 aliphatic heterocycles. The minimum atomic E-state index is -1.52. The molecule has 2 aromatic rings. The zero-order valence-corrected chi connectivity index (χ0v) is 24.3. The van der Waals surface area contributed by atoms with Gasteiger partial charge in [-0.2, -0.15) is 0 Å². The van der Waals surface area contributed by atoms with E-state index in [4.69, 9.17) is 9.05 Å². The van der Waals surface area contributed by atoms with Crippen LogP contribution in [0.1, 0.15) is 19.3 Å². The van der Waals surface area contributed by atoms with Gasteiger partial charge >= 0.3 is 193 Å². The summed E-state index contributed by atoms with van der Waals surface area (Å²) in [5.74, 6) is 4.55. The predicted octanol–water partition coefficient (Wildman–Crippen LogP) is 4.21. The molecule has 2 rings (SSSR count). The molecule has 148 valence electrons. The summed E-state index contributed by atoms with van der Waals surface area (Å²) in [5.41, 5.74) is 0. The average Bonchev–Trinajstić information content (AvgIpc) is 2.74. The number of hydrogen-bond donors (Lipinski definition) is 0. The fraction of sp³-hybridized carbons (Fsp3) is 0.368. The van der Waals surface area contributed by atoms with Crippen LogP contribution in [0.15, 0.2) is 60.7 Å². The SMILES string of the molecule is C[Se]P(=[Se])(OCCCCCOP(=[Se])([Se]C)c1ccccc1)c1ccccc1. The quantitative estimate of drug-likeness (QED) is 0.193. The van der Waals surface area contributed by atoms with Crippen molar-refractivity contribution in [2.45, 2.75) is 30.9 Å². The van der Waals surface area contributed by atoms with Gasteiger partial charge in [0.2, 0.25) is 0 Å². The summed E-state index contributed by atoms with van der Waals surface area (Å²) < 4.78 is 9.66. The number of rotatable bonds is 12. The Morgan fingerprint density at radius 2 is 1.04 bits per heavy atom. The molecule has 0 N–H and O–H groups in total. The summed E-state index contributed by atoms with van der Waals surface area (Å²) in [6.07, 6.45) is 3.34. The van der Waals surface area contributed by atoms with Crippen LogP contribution in [-0.2, 0) is 9.05 Å². The minimum absolute atomic E-state index is 0.457. The molecule has 0 aromatic heterocycles. The van der Waals surface area contributed by atoms with Gasteiger partial charge in [0.1, 0.15) is 0 Å². The van der Waals surface area contributed by atoms with Crippen LogP contribution in [0, 0.1) is 0 Å². The van der Waals surface area contributed by atoms with Crippen molar-refractivity contribution in [3.05, 3.63) is 60.7 Å². The van der Waals surface area contributed by atoms with Crippen molar-refractivity contribution < 1.29 is 9.05 Å². The van der Waals surface area contributed by atoms with Crippen molar-refractivity contribution in [1.29, 1.82) is 0 Å². The summed E-state index contributed by atoms with van der Waals surface area (Å²) in [5, 5.41) is 2.69. The van der Waals surface area contributed by atoms with E-state index in [0.717, 1.165) is 32.5 Å². The predicted molar refractivity (Wildman–Crippen MR) is 126 cm³/mol. The van der Waals surface area contributed by atoms with Crippen molar-refractivity contribution >= 4 is 78.7 Å². The number of unbranched alkanes of at least 4 members (excludes halogenated alkanes) is 2. The van der Waals surface area contributed by atoms with Gasteiger partial charge < -0.3 is 0 Å². The third-order valence-electron chi connectivity index (χ3n) is 3.94. The molecule has 0 heterocycles. The van der Waals surface area contributed by atoms with Gasteiger partial charge in [-0.3, -0.25) is 0 Å². The van der Waals surface area contributed by atoms with Gasteiger partial charge in [-0.25, -0.2) is 0 Å². The molecule has 0 fully saturated rings. The second-order valence-electron chi connectivity index (χ2n) is 5.76. The van der Waals surface area contributed by atoms with E-state index in [2.05, 4.69) is 103 Å². The van der Waals surface area contributed by atoms with E-state index in [1.807, 2.05) is 0 Å². The van der Waals surface area contributed by atoms with Crippen LogP contribution in [0.25, 0.3) is 0 Å². The van der Waals surface area contributed by atoms with Gasteiger partial charge in [0, 0.05) is 0 Å². The molecular formula is C19H26O2P2Se4. The molecule has 0 bridgehead atoms. The van der Waals surface area contributed by atoms with Gasteiger partial charge in [-0.05, 0) is 0 Å². The van der Waals surface area contributed by atoms with Crippen LogP contribution in [0.4, 0.5) is 0 Å². The summed E-state index contributed by atoms with van der Waals surface area (Å²) in [6.45, 7) is 1.67. The Morgan fingerprint density at radius 3 is 1.37 bits per heavy atom. The molecule has 0 spiro atoms. The van der Waals surface area contributed by atoms with E-state index in [1.54, 1.807) is 0 Å². The molecule has 2 nitrogen and oxygen atoms in total. The zero-order chi connectivity index (χ0) is 19.6. The second-order valence-corrected chi connectivity index (χ2v) is 34.6. The molecule has 27 heavy (non-hydrogen) atoms. The van der Waals surface area contributed by atoms with Gasteiger partial charge in [0.05, 0.1) is 0 Å². The number of benzene rings is 2. The van der Waals surface area contributed by atoms with E-state index >= 15 is 0 Å². The van der Waals surface area contributed by atoms with Crippen molar-refractivity contribution in [1.82, 2.24) is 0 Å². The first kappa shape index (κ1) is 24.6. The Balaban J connectivity index is 1.71. The van der Waals surface area contributed by atoms with Crippen LogP contribution in [0.3, 0.4) is 0 Å². The molecular weight excluding hydrogens is 638 g/mol. The van der Waals surface area contributed by atoms with Gasteiger partial charge in [0.25, 0.3) is 0 Å². The molecule has 0 saturated carbocycles. The van der Waals surface area contributed by atoms with Gasteiger partial charge in [0.15, 0.2) is 0 Å². The average molecular weight is 664 g/mol. The van der Waals surface area contributed by atoms with Crippen molar-refractivity contribution in [2.75, 3.05) is 13.2 Å². The normalized spacial score (nSPS) is 15.8.